The fourth-order valence-corrected chi connectivity index (χ4v) is 2.72. The lowest BCUT2D eigenvalue weighted by Gasteiger charge is -2.06. The maximum Gasteiger partial charge on any atom is 0.343 e. The van der Waals surface area contributed by atoms with Gasteiger partial charge in [-0.05, 0) is 49.3 Å². The summed E-state index contributed by atoms with van der Waals surface area (Å²) in [4.78, 5) is 23.6. The van der Waals surface area contributed by atoms with E-state index >= 15 is 0 Å². The van der Waals surface area contributed by atoms with Crippen molar-refractivity contribution in [2.75, 3.05) is 7.11 Å². The molecule has 0 bridgehead atoms. The van der Waals surface area contributed by atoms with Crippen LogP contribution in [0.1, 0.15) is 32.6 Å². The highest BCUT2D eigenvalue weighted by atomic mass is 16.5. The first-order valence-electron chi connectivity index (χ1n) is 7.89. The van der Waals surface area contributed by atoms with Crippen LogP contribution < -0.4 is 0 Å². The van der Waals surface area contributed by atoms with Gasteiger partial charge in [0, 0.05) is 5.56 Å². The average Bonchev–Trinajstić information content (AvgIpc) is 2.95. The second-order valence-electron chi connectivity index (χ2n) is 5.93. The SMILES string of the molecule is COC(=O)c1ccc(C=C2C=C(c3ccc(C)cc3C)OC2=O)cc1. The Morgan fingerprint density at radius 2 is 1.80 bits per heavy atom. The van der Waals surface area contributed by atoms with Crippen molar-refractivity contribution >= 4 is 23.8 Å². The van der Waals surface area contributed by atoms with Crippen LogP contribution in [0.15, 0.2) is 54.1 Å². The molecule has 0 aromatic heterocycles. The minimum Gasteiger partial charge on any atom is -0.465 e. The van der Waals surface area contributed by atoms with Crippen LogP contribution >= 0.6 is 0 Å². The van der Waals surface area contributed by atoms with E-state index in [9.17, 15) is 9.59 Å². The average molecular weight is 334 g/mol. The van der Waals surface area contributed by atoms with Crippen molar-refractivity contribution in [3.63, 3.8) is 0 Å². The Hall–Kier alpha value is -3.14. The van der Waals surface area contributed by atoms with E-state index in [1.54, 1.807) is 36.4 Å². The second-order valence-corrected chi connectivity index (χ2v) is 5.93. The van der Waals surface area contributed by atoms with Crippen LogP contribution in [0.5, 0.6) is 0 Å². The maximum absolute atomic E-state index is 12.1. The molecule has 4 nitrogen and oxygen atoms in total. The maximum atomic E-state index is 12.1. The van der Waals surface area contributed by atoms with Gasteiger partial charge in [-0.25, -0.2) is 9.59 Å². The fraction of sp³-hybridized carbons (Fsp3) is 0.143. The number of methoxy groups -OCH3 is 1. The largest absolute Gasteiger partial charge is 0.465 e. The van der Waals surface area contributed by atoms with Crippen LogP contribution in [-0.4, -0.2) is 19.0 Å². The zero-order chi connectivity index (χ0) is 18.0. The van der Waals surface area contributed by atoms with Crippen LogP contribution in [0.3, 0.4) is 0 Å². The zero-order valence-corrected chi connectivity index (χ0v) is 14.3. The fourth-order valence-electron chi connectivity index (χ4n) is 2.72. The summed E-state index contributed by atoms with van der Waals surface area (Å²) in [7, 11) is 1.34. The van der Waals surface area contributed by atoms with Gasteiger partial charge in [0.1, 0.15) is 5.76 Å². The molecule has 0 fully saturated rings. The number of hydrogen-bond donors (Lipinski definition) is 0. The highest BCUT2D eigenvalue weighted by Gasteiger charge is 2.23. The van der Waals surface area contributed by atoms with Crippen LogP contribution in [0.4, 0.5) is 0 Å². The lowest BCUT2D eigenvalue weighted by Crippen LogP contribution is -2.00. The van der Waals surface area contributed by atoms with Gasteiger partial charge in [0.25, 0.3) is 0 Å². The number of benzene rings is 2. The van der Waals surface area contributed by atoms with Gasteiger partial charge in [-0.15, -0.1) is 0 Å². The Labute approximate surface area is 146 Å². The number of rotatable bonds is 3. The van der Waals surface area contributed by atoms with E-state index in [2.05, 4.69) is 10.8 Å². The van der Waals surface area contributed by atoms with Crippen molar-refractivity contribution in [2.45, 2.75) is 13.8 Å². The van der Waals surface area contributed by atoms with Gasteiger partial charge < -0.3 is 9.47 Å². The minimum atomic E-state index is -0.392. The lowest BCUT2D eigenvalue weighted by molar-refractivity contribution is -0.130. The van der Waals surface area contributed by atoms with E-state index < -0.39 is 5.97 Å². The Morgan fingerprint density at radius 1 is 1.08 bits per heavy atom. The monoisotopic (exact) mass is 334 g/mol. The van der Waals surface area contributed by atoms with Crippen molar-refractivity contribution in [2.24, 2.45) is 0 Å². The summed E-state index contributed by atoms with van der Waals surface area (Å²) < 4.78 is 10.1. The number of carbonyl (C=O) groups is 2. The van der Waals surface area contributed by atoms with Crippen molar-refractivity contribution in [1.82, 2.24) is 0 Å². The number of esters is 2. The first kappa shape index (κ1) is 16.7. The molecule has 0 N–H and O–H groups in total. The summed E-state index contributed by atoms with van der Waals surface area (Å²) in [5.41, 5.74) is 4.86. The molecule has 2 aromatic carbocycles. The number of cyclic esters (lactones) is 1. The molecular weight excluding hydrogens is 316 g/mol. The third-order valence-corrected chi connectivity index (χ3v) is 4.03. The van der Waals surface area contributed by atoms with E-state index in [-0.39, 0.29) is 5.97 Å². The highest BCUT2D eigenvalue weighted by molar-refractivity contribution is 6.05. The molecule has 0 amide bonds. The highest BCUT2D eigenvalue weighted by Crippen LogP contribution is 2.29. The number of carbonyl (C=O) groups excluding carboxylic acids is 2. The van der Waals surface area contributed by atoms with Crippen molar-refractivity contribution in [1.29, 1.82) is 0 Å². The van der Waals surface area contributed by atoms with E-state index in [4.69, 9.17) is 4.74 Å². The Bertz CT molecular complexity index is 902. The molecule has 126 valence electrons. The molecular formula is C21H18O4. The van der Waals surface area contributed by atoms with Crippen LogP contribution in [-0.2, 0) is 14.3 Å². The van der Waals surface area contributed by atoms with E-state index in [1.165, 1.54) is 7.11 Å². The first-order valence-corrected chi connectivity index (χ1v) is 7.89. The van der Waals surface area contributed by atoms with Gasteiger partial charge in [-0.2, -0.15) is 0 Å². The third kappa shape index (κ3) is 3.53. The van der Waals surface area contributed by atoms with E-state index in [0.29, 0.717) is 16.9 Å². The molecule has 1 aliphatic rings. The van der Waals surface area contributed by atoms with Gasteiger partial charge in [0.2, 0.25) is 0 Å². The molecule has 0 saturated heterocycles. The third-order valence-electron chi connectivity index (χ3n) is 4.03. The molecule has 25 heavy (non-hydrogen) atoms. The van der Waals surface area contributed by atoms with Gasteiger partial charge >= 0.3 is 11.9 Å². The molecule has 0 spiro atoms. The molecule has 0 radical (unpaired) electrons. The van der Waals surface area contributed by atoms with Crippen molar-refractivity contribution in [3.05, 3.63) is 81.9 Å². The summed E-state index contributed by atoms with van der Waals surface area (Å²) in [6.07, 6.45) is 3.48. The van der Waals surface area contributed by atoms with Crippen LogP contribution in [0.25, 0.3) is 11.8 Å². The summed E-state index contributed by atoms with van der Waals surface area (Å²) >= 11 is 0. The molecule has 0 unspecified atom stereocenters. The molecule has 0 atom stereocenters. The quantitative estimate of drug-likeness (QED) is 0.627. The van der Waals surface area contributed by atoms with Gasteiger partial charge in [-0.1, -0.05) is 35.9 Å². The molecule has 2 aromatic rings. The molecule has 3 rings (SSSR count). The van der Waals surface area contributed by atoms with E-state index in [1.807, 2.05) is 26.0 Å². The van der Waals surface area contributed by atoms with Gasteiger partial charge in [0.05, 0.1) is 18.2 Å². The van der Waals surface area contributed by atoms with Crippen LogP contribution in [0, 0.1) is 13.8 Å². The molecule has 0 saturated carbocycles. The molecule has 1 heterocycles. The molecule has 4 heteroatoms. The Kier molecular flexibility index (Phi) is 4.52. The van der Waals surface area contributed by atoms with Crippen LogP contribution in [0.2, 0.25) is 0 Å². The zero-order valence-electron chi connectivity index (χ0n) is 14.3. The lowest BCUT2D eigenvalue weighted by atomic mass is 10.0. The summed E-state index contributed by atoms with van der Waals surface area (Å²) in [5, 5.41) is 0. The van der Waals surface area contributed by atoms with Crippen molar-refractivity contribution < 1.29 is 19.1 Å². The topological polar surface area (TPSA) is 52.6 Å². The number of aryl methyl sites for hydroxylation is 2. The first-order chi connectivity index (χ1) is 12.0. The van der Waals surface area contributed by atoms with Crippen molar-refractivity contribution in [3.8, 4) is 0 Å². The predicted octanol–water partition coefficient (Wildman–Crippen LogP) is 4.07. The standard InChI is InChI=1S/C21H18O4/c1-13-4-9-18(14(2)10-13)19-12-17(21(23)25-19)11-15-5-7-16(8-6-15)20(22)24-3/h4-12H,1-3H3. The number of hydrogen-bond acceptors (Lipinski definition) is 4. The summed E-state index contributed by atoms with van der Waals surface area (Å²) in [5.74, 6) is -0.219. The van der Waals surface area contributed by atoms with Gasteiger partial charge in [-0.3, -0.25) is 0 Å². The second kappa shape index (κ2) is 6.77. The number of ether oxygens (including phenoxy) is 2. The van der Waals surface area contributed by atoms with E-state index in [0.717, 1.165) is 22.3 Å². The normalized spacial score (nSPS) is 15.1. The summed E-state index contributed by atoms with van der Waals surface area (Å²) in [6.45, 7) is 4.01. The molecule has 1 aliphatic heterocycles. The summed E-state index contributed by atoms with van der Waals surface area (Å²) in [6, 6.07) is 12.8. The minimum absolute atomic E-state index is 0.382. The Morgan fingerprint density at radius 3 is 2.44 bits per heavy atom. The van der Waals surface area contributed by atoms with Gasteiger partial charge in [0.15, 0.2) is 0 Å². The Balaban J connectivity index is 1.89. The smallest absolute Gasteiger partial charge is 0.343 e. The molecule has 0 aliphatic carbocycles. The predicted molar refractivity (Wildman–Crippen MR) is 95.7 cm³/mol.